The van der Waals surface area contributed by atoms with Gasteiger partial charge in [0.25, 0.3) is 0 Å². The molecule has 0 heterocycles. The third-order valence-electron chi connectivity index (χ3n) is 7.02. The Morgan fingerprint density at radius 2 is 0.765 bits per heavy atom. The summed E-state index contributed by atoms with van der Waals surface area (Å²) in [5.74, 6) is 0. The fourth-order valence-corrected chi connectivity index (χ4v) is 5.44. The Morgan fingerprint density at radius 3 is 1.47 bits per heavy atom. The largest absolute Gasteiger partial charge is 0.0616 e. The van der Waals surface area contributed by atoms with E-state index >= 15 is 0 Å². The van der Waals surface area contributed by atoms with Crippen LogP contribution in [-0.4, -0.2) is 0 Å². The average molecular weight is 431 g/mol. The standard InChI is InChI=1S/C18H12.C16H10/c1-2-7-15-12-18-16(11-14(15)6-1)10-9-13-5-3-4-8-17(13)18;1-2-8-13-12(7-1)14-9-3-5-11-6-4-10-15(13)16(11)14/h1-12H;1-10H. The number of hydrogen-bond donors (Lipinski definition) is 0. The molecule has 0 aromatic heterocycles. The van der Waals surface area contributed by atoms with Gasteiger partial charge in [-0.1, -0.05) is 121 Å². The highest BCUT2D eigenvalue weighted by Gasteiger charge is 2.19. The van der Waals surface area contributed by atoms with Crippen molar-refractivity contribution in [3.8, 4) is 22.3 Å². The minimum Gasteiger partial charge on any atom is -0.0616 e. The van der Waals surface area contributed by atoms with Crippen LogP contribution in [-0.2, 0) is 0 Å². The summed E-state index contributed by atoms with van der Waals surface area (Å²) in [5.41, 5.74) is 5.50. The van der Waals surface area contributed by atoms with Crippen molar-refractivity contribution in [3.05, 3.63) is 133 Å². The maximum absolute atomic E-state index is 2.30. The number of fused-ring (bicyclic) bond motifs is 7. The van der Waals surface area contributed by atoms with Gasteiger partial charge in [-0.3, -0.25) is 0 Å². The summed E-state index contributed by atoms with van der Waals surface area (Å²) in [4.78, 5) is 0. The lowest BCUT2D eigenvalue weighted by molar-refractivity contribution is 1.70. The first-order valence-electron chi connectivity index (χ1n) is 11.8. The van der Waals surface area contributed by atoms with Crippen molar-refractivity contribution in [3.63, 3.8) is 0 Å². The Labute approximate surface area is 198 Å². The molecule has 7 aromatic rings. The number of rotatable bonds is 0. The van der Waals surface area contributed by atoms with E-state index in [2.05, 4.69) is 133 Å². The molecule has 0 atom stereocenters. The van der Waals surface area contributed by atoms with Gasteiger partial charge in [0, 0.05) is 0 Å². The maximum Gasteiger partial charge on any atom is -0.00264 e. The number of benzene rings is 7. The van der Waals surface area contributed by atoms with E-state index in [1.54, 1.807) is 0 Å². The van der Waals surface area contributed by atoms with Gasteiger partial charge in [-0.2, -0.15) is 0 Å². The lowest BCUT2D eigenvalue weighted by Gasteiger charge is -2.06. The average Bonchev–Trinajstić information content (AvgIpc) is 3.24. The molecule has 0 fully saturated rings. The van der Waals surface area contributed by atoms with Crippen LogP contribution in [0.1, 0.15) is 0 Å². The van der Waals surface area contributed by atoms with Gasteiger partial charge in [-0.15, -0.1) is 0 Å². The molecular formula is C34H22. The fraction of sp³-hybridized carbons (Fsp3) is 0. The predicted octanol–water partition coefficient (Wildman–Crippen LogP) is 9.63. The quantitative estimate of drug-likeness (QED) is 0.166. The maximum atomic E-state index is 2.30. The zero-order chi connectivity index (χ0) is 22.5. The molecule has 1 aliphatic carbocycles. The van der Waals surface area contributed by atoms with Gasteiger partial charge in [0.2, 0.25) is 0 Å². The summed E-state index contributed by atoms with van der Waals surface area (Å²) >= 11 is 0. The van der Waals surface area contributed by atoms with E-state index in [0.717, 1.165) is 0 Å². The lowest BCUT2D eigenvalue weighted by Crippen LogP contribution is -1.79. The van der Waals surface area contributed by atoms with Crippen molar-refractivity contribution in [2.45, 2.75) is 0 Å². The highest BCUT2D eigenvalue weighted by atomic mass is 14.2. The van der Waals surface area contributed by atoms with E-state index in [1.807, 2.05) is 0 Å². The molecular weight excluding hydrogens is 408 g/mol. The zero-order valence-corrected chi connectivity index (χ0v) is 18.7. The van der Waals surface area contributed by atoms with Gasteiger partial charge in [0.05, 0.1) is 0 Å². The van der Waals surface area contributed by atoms with Crippen LogP contribution in [0.15, 0.2) is 133 Å². The minimum atomic E-state index is 1.31. The second-order valence-electron chi connectivity index (χ2n) is 8.96. The molecule has 0 aliphatic heterocycles. The van der Waals surface area contributed by atoms with Gasteiger partial charge in [-0.05, 0) is 77.5 Å². The Hall–Kier alpha value is -4.42. The van der Waals surface area contributed by atoms with Gasteiger partial charge in [0.15, 0.2) is 0 Å². The molecule has 34 heavy (non-hydrogen) atoms. The molecule has 0 N–H and O–H groups in total. The van der Waals surface area contributed by atoms with Crippen LogP contribution in [0.25, 0.3) is 65.3 Å². The molecule has 0 amide bonds. The second-order valence-corrected chi connectivity index (χ2v) is 8.96. The summed E-state index contributed by atoms with van der Waals surface area (Å²) < 4.78 is 0. The molecule has 0 radical (unpaired) electrons. The van der Waals surface area contributed by atoms with Crippen LogP contribution in [0, 0.1) is 0 Å². The molecule has 0 heteroatoms. The van der Waals surface area contributed by atoms with Crippen molar-refractivity contribution in [1.29, 1.82) is 0 Å². The normalized spacial score (nSPS) is 11.5. The summed E-state index contributed by atoms with van der Waals surface area (Å²) in [6.07, 6.45) is 0. The third kappa shape index (κ3) is 2.93. The summed E-state index contributed by atoms with van der Waals surface area (Å²) in [7, 11) is 0. The Morgan fingerprint density at radius 1 is 0.265 bits per heavy atom. The van der Waals surface area contributed by atoms with E-state index in [4.69, 9.17) is 0 Å². The summed E-state index contributed by atoms with van der Waals surface area (Å²) in [6, 6.07) is 47.9. The first-order chi connectivity index (χ1) is 16.9. The van der Waals surface area contributed by atoms with Gasteiger partial charge < -0.3 is 0 Å². The molecule has 0 unspecified atom stereocenters. The molecule has 0 nitrogen and oxygen atoms in total. The summed E-state index contributed by atoms with van der Waals surface area (Å²) in [6.45, 7) is 0. The monoisotopic (exact) mass is 430 g/mol. The van der Waals surface area contributed by atoms with Crippen LogP contribution >= 0.6 is 0 Å². The van der Waals surface area contributed by atoms with Gasteiger partial charge >= 0.3 is 0 Å². The van der Waals surface area contributed by atoms with Crippen LogP contribution < -0.4 is 0 Å². The Bertz CT molecular complexity index is 1790. The van der Waals surface area contributed by atoms with E-state index < -0.39 is 0 Å². The predicted molar refractivity (Wildman–Crippen MR) is 147 cm³/mol. The molecule has 158 valence electrons. The Kier molecular flexibility index (Phi) is 4.25. The molecule has 0 saturated heterocycles. The van der Waals surface area contributed by atoms with Crippen molar-refractivity contribution >= 4 is 43.1 Å². The van der Waals surface area contributed by atoms with Gasteiger partial charge in [0.1, 0.15) is 0 Å². The first-order valence-corrected chi connectivity index (χ1v) is 11.8. The van der Waals surface area contributed by atoms with Crippen molar-refractivity contribution in [2.24, 2.45) is 0 Å². The van der Waals surface area contributed by atoms with E-state index in [0.29, 0.717) is 0 Å². The molecule has 1 aliphatic rings. The molecule has 0 spiro atoms. The Balaban J connectivity index is 0.000000118. The van der Waals surface area contributed by atoms with Crippen molar-refractivity contribution in [1.82, 2.24) is 0 Å². The van der Waals surface area contributed by atoms with Gasteiger partial charge in [-0.25, -0.2) is 0 Å². The van der Waals surface area contributed by atoms with E-state index in [9.17, 15) is 0 Å². The van der Waals surface area contributed by atoms with Crippen LogP contribution in [0.2, 0.25) is 0 Å². The lowest BCUT2D eigenvalue weighted by atomic mass is 9.98. The molecule has 0 bridgehead atoms. The molecule has 7 aromatic carbocycles. The SMILES string of the molecule is c1ccc2c(c1)-c1cccc3cccc-2c13.c1ccc2cc3c(ccc4ccccc43)cc2c1. The van der Waals surface area contributed by atoms with Crippen molar-refractivity contribution < 1.29 is 0 Å². The van der Waals surface area contributed by atoms with Crippen LogP contribution in [0.4, 0.5) is 0 Å². The van der Waals surface area contributed by atoms with E-state index in [-0.39, 0.29) is 0 Å². The van der Waals surface area contributed by atoms with E-state index in [1.165, 1.54) is 65.3 Å². The third-order valence-corrected chi connectivity index (χ3v) is 7.02. The highest BCUT2D eigenvalue weighted by Crippen LogP contribution is 2.46. The minimum absolute atomic E-state index is 1.31. The first kappa shape index (κ1) is 19.1. The topological polar surface area (TPSA) is 0 Å². The van der Waals surface area contributed by atoms with Crippen molar-refractivity contribution in [2.75, 3.05) is 0 Å². The number of hydrogen-bond acceptors (Lipinski definition) is 0. The molecule has 8 rings (SSSR count). The van der Waals surface area contributed by atoms with Crippen LogP contribution in [0.3, 0.4) is 0 Å². The zero-order valence-electron chi connectivity index (χ0n) is 18.7. The second kappa shape index (κ2) is 7.57. The highest BCUT2D eigenvalue weighted by molar-refractivity contribution is 6.15. The summed E-state index contributed by atoms with van der Waals surface area (Å²) in [5, 5.41) is 10.7. The molecule has 0 saturated carbocycles. The van der Waals surface area contributed by atoms with Crippen LogP contribution in [0.5, 0.6) is 0 Å². The smallest absolute Gasteiger partial charge is 0.00264 e. The fourth-order valence-electron chi connectivity index (χ4n) is 5.44.